The van der Waals surface area contributed by atoms with E-state index in [1.54, 1.807) is 6.07 Å². The highest BCUT2D eigenvalue weighted by molar-refractivity contribution is 6.36. The van der Waals surface area contributed by atoms with Crippen molar-refractivity contribution in [3.05, 3.63) is 33.3 Å². The first kappa shape index (κ1) is 12.2. The van der Waals surface area contributed by atoms with Crippen LogP contribution < -0.4 is 0 Å². The number of nitrogens with zero attached hydrogens (tertiary/aromatic N) is 1. The van der Waals surface area contributed by atoms with E-state index in [0.717, 1.165) is 12.1 Å². The topological polar surface area (TPSA) is 23.8 Å². The van der Waals surface area contributed by atoms with E-state index in [4.69, 9.17) is 28.5 Å². The first-order valence-corrected chi connectivity index (χ1v) is 4.54. The highest BCUT2D eigenvalue weighted by atomic mass is 35.5. The summed E-state index contributed by atoms with van der Waals surface area (Å²) >= 11 is 11.1. The third-order valence-electron chi connectivity index (χ3n) is 1.75. The molecule has 0 aliphatic heterocycles. The van der Waals surface area contributed by atoms with Gasteiger partial charge in [-0.2, -0.15) is 18.4 Å². The lowest BCUT2D eigenvalue weighted by molar-refractivity contribution is -0.137. The van der Waals surface area contributed by atoms with Crippen LogP contribution in [0.5, 0.6) is 0 Å². The summed E-state index contributed by atoms with van der Waals surface area (Å²) in [4.78, 5) is 0. The first-order valence-electron chi connectivity index (χ1n) is 3.79. The van der Waals surface area contributed by atoms with Crippen molar-refractivity contribution in [1.29, 1.82) is 5.26 Å². The van der Waals surface area contributed by atoms with Gasteiger partial charge in [-0.15, -0.1) is 0 Å². The quantitative estimate of drug-likeness (QED) is 0.740. The van der Waals surface area contributed by atoms with Gasteiger partial charge in [-0.3, -0.25) is 0 Å². The van der Waals surface area contributed by atoms with Crippen molar-refractivity contribution >= 4 is 23.2 Å². The highest BCUT2D eigenvalue weighted by Gasteiger charge is 2.34. The van der Waals surface area contributed by atoms with Gasteiger partial charge in [-0.25, -0.2) is 0 Å². The molecule has 0 amide bonds. The van der Waals surface area contributed by atoms with Gasteiger partial charge in [0.05, 0.1) is 23.1 Å². The second-order valence-electron chi connectivity index (χ2n) is 2.72. The van der Waals surface area contributed by atoms with Crippen LogP contribution >= 0.6 is 23.2 Å². The zero-order valence-electron chi connectivity index (χ0n) is 7.20. The molecule has 0 aliphatic carbocycles. The van der Waals surface area contributed by atoms with Crippen LogP contribution in [0.3, 0.4) is 0 Å². The molecule has 0 spiro atoms. The van der Waals surface area contributed by atoms with Gasteiger partial charge in [0.15, 0.2) is 0 Å². The third kappa shape index (κ3) is 2.55. The molecule has 0 unspecified atom stereocenters. The predicted molar refractivity (Wildman–Crippen MR) is 50.8 cm³/mol. The number of hydrogen-bond acceptors (Lipinski definition) is 1. The van der Waals surface area contributed by atoms with E-state index in [1.165, 1.54) is 0 Å². The molecule has 0 bridgehead atoms. The molecule has 6 heteroatoms. The second-order valence-corrected chi connectivity index (χ2v) is 3.51. The van der Waals surface area contributed by atoms with E-state index in [-0.39, 0.29) is 17.0 Å². The fourth-order valence-electron chi connectivity index (χ4n) is 1.06. The number of nitriles is 1. The second kappa shape index (κ2) is 4.30. The van der Waals surface area contributed by atoms with Crippen LogP contribution in [-0.2, 0) is 12.6 Å². The summed E-state index contributed by atoms with van der Waals surface area (Å²) in [5.74, 6) is 0. The van der Waals surface area contributed by atoms with Crippen LogP contribution in [0.2, 0.25) is 10.0 Å². The molecule has 0 N–H and O–H groups in total. The average molecular weight is 254 g/mol. The van der Waals surface area contributed by atoms with Crippen molar-refractivity contribution in [2.24, 2.45) is 0 Å². The summed E-state index contributed by atoms with van der Waals surface area (Å²) in [6.45, 7) is 0. The molecule has 0 saturated carbocycles. The molecule has 1 aromatic rings. The minimum atomic E-state index is -4.54. The molecule has 1 rings (SSSR count). The molecule has 0 saturated heterocycles. The van der Waals surface area contributed by atoms with Crippen molar-refractivity contribution in [3.8, 4) is 6.07 Å². The molecule has 0 atom stereocenters. The zero-order chi connectivity index (χ0) is 11.6. The van der Waals surface area contributed by atoms with E-state index in [9.17, 15) is 13.2 Å². The Morgan fingerprint density at radius 1 is 1.27 bits per heavy atom. The Morgan fingerprint density at radius 2 is 1.87 bits per heavy atom. The maximum atomic E-state index is 12.4. The van der Waals surface area contributed by atoms with Gasteiger partial charge in [-0.1, -0.05) is 23.2 Å². The Morgan fingerprint density at radius 3 is 2.33 bits per heavy atom. The maximum Gasteiger partial charge on any atom is 0.417 e. The minimum Gasteiger partial charge on any atom is -0.198 e. The summed E-state index contributed by atoms with van der Waals surface area (Å²) < 4.78 is 37.2. The standard InChI is InChI=1S/C9H4Cl2F3N/c10-7-2-1-6(9(12,13)14)8(11)5(7)3-4-15/h1-2H,3H2. The highest BCUT2D eigenvalue weighted by Crippen LogP contribution is 2.38. The number of benzene rings is 1. The molecular weight excluding hydrogens is 250 g/mol. The van der Waals surface area contributed by atoms with E-state index in [0.29, 0.717) is 0 Å². The van der Waals surface area contributed by atoms with E-state index in [1.807, 2.05) is 0 Å². The summed E-state index contributed by atoms with van der Waals surface area (Å²) in [5.41, 5.74) is -0.963. The van der Waals surface area contributed by atoms with Crippen LogP contribution in [0.15, 0.2) is 12.1 Å². The molecular formula is C9H4Cl2F3N. The van der Waals surface area contributed by atoms with Crippen LogP contribution in [0.4, 0.5) is 13.2 Å². The van der Waals surface area contributed by atoms with Crippen molar-refractivity contribution in [2.45, 2.75) is 12.6 Å². The lowest BCUT2D eigenvalue weighted by Crippen LogP contribution is -2.07. The number of alkyl halides is 3. The van der Waals surface area contributed by atoms with Crippen LogP contribution in [0.25, 0.3) is 0 Å². The monoisotopic (exact) mass is 253 g/mol. The van der Waals surface area contributed by atoms with Crippen LogP contribution in [0, 0.1) is 11.3 Å². The Bertz CT molecular complexity index is 421. The molecule has 0 aliphatic rings. The largest absolute Gasteiger partial charge is 0.417 e. The average Bonchev–Trinajstić information content (AvgIpc) is 2.09. The van der Waals surface area contributed by atoms with Gasteiger partial charge in [0.2, 0.25) is 0 Å². The van der Waals surface area contributed by atoms with Crippen molar-refractivity contribution in [1.82, 2.24) is 0 Å². The smallest absolute Gasteiger partial charge is 0.198 e. The van der Waals surface area contributed by atoms with Crippen LogP contribution in [0.1, 0.15) is 11.1 Å². The summed E-state index contributed by atoms with van der Waals surface area (Å²) in [7, 11) is 0. The molecule has 1 aromatic carbocycles. The Kier molecular flexibility index (Phi) is 3.48. The lowest BCUT2D eigenvalue weighted by atomic mass is 10.1. The molecule has 0 fully saturated rings. The summed E-state index contributed by atoms with van der Waals surface area (Å²) in [5, 5.41) is 7.97. The van der Waals surface area contributed by atoms with Crippen molar-refractivity contribution in [2.75, 3.05) is 0 Å². The number of rotatable bonds is 1. The van der Waals surface area contributed by atoms with E-state index >= 15 is 0 Å². The molecule has 0 radical (unpaired) electrons. The molecule has 15 heavy (non-hydrogen) atoms. The SMILES string of the molecule is N#CCc1c(Cl)ccc(C(F)(F)F)c1Cl. The third-order valence-corrected chi connectivity index (χ3v) is 2.53. The van der Waals surface area contributed by atoms with Gasteiger partial charge in [0.25, 0.3) is 0 Å². The lowest BCUT2D eigenvalue weighted by Gasteiger charge is -2.12. The Balaban J connectivity index is 3.36. The fourth-order valence-corrected chi connectivity index (χ4v) is 1.67. The molecule has 80 valence electrons. The van der Waals surface area contributed by atoms with Crippen LogP contribution in [-0.4, -0.2) is 0 Å². The van der Waals surface area contributed by atoms with Gasteiger partial charge in [0.1, 0.15) is 0 Å². The van der Waals surface area contributed by atoms with Crippen molar-refractivity contribution < 1.29 is 13.2 Å². The van der Waals surface area contributed by atoms with E-state index in [2.05, 4.69) is 0 Å². The maximum absolute atomic E-state index is 12.4. The number of halogens is 5. The van der Waals surface area contributed by atoms with Gasteiger partial charge < -0.3 is 0 Å². The summed E-state index contributed by atoms with van der Waals surface area (Å²) in [6, 6.07) is 3.59. The Labute approximate surface area is 94.0 Å². The first-order chi connectivity index (χ1) is 6.88. The number of hydrogen-bond donors (Lipinski definition) is 0. The Hall–Kier alpha value is -0.920. The van der Waals surface area contributed by atoms with Crippen molar-refractivity contribution in [3.63, 3.8) is 0 Å². The fraction of sp³-hybridized carbons (Fsp3) is 0.222. The summed E-state index contributed by atoms with van der Waals surface area (Å²) in [6.07, 6.45) is -4.78. The molecule has 0 heterocycles. The van der Waals surface area contributed by atoms with E-state index < -0.39 is 16.8 Å². The van der Waals surface area contributed by atoms with Gasteiger partial charge in [0, 0.05) is 10.6 Å². The van der Waals surface area contributed by atoms with Gasteiger partial charge in [-0.05, 0) is 12.1 Å². The molecule has 1 nitrogen and oxygen atoms in total. The molecule has 0 aromatic heterocycles. The predicted octanol–water partition coefficient (Wildman–Crippen LogP) is 4.08. The minimum absolute atomic E-state index is 0.00987. The normalized spacial score (nSPS) is 11.2. The van der Waals surface area contributed by atoms with Gasteiger partial charge >= 0.3 is 6.18 Å². The zero-order valence-corrected chi connectivity index (χ0v) is 8.71.